The first-order valence-corrected chi connectivity index (χ1v) is 16.3. The second kappa shape index (κ2) is 18.1. The largest absolute Gasteiger partial charge is 0.396 e. The predicted octanol–water partition coefficient (Wildman–Crippen LogP) is 6.80. The Morgan fingerprint density at radius 2 is 0.977 bits per heavy atom. The average Bonchev–Trinajstić information content (AvgIpc) is 3.08. The van der Waals surface area contributed by atoms with Crippen molar-refractivity contribution in [1.29, 1.82) is 0 Å². The van der Waals surface area contributed by atoms with Crippen LogP contribution in [0.3, 0.4) is 0 Å². The number of thioether (sulfide) groups is 1. The van der Waals surface area contributed by atoms with Gasteiger partial charge in [-0.25, -0.2) is 0 Å². The molecular formula is C37H42O6S. The van der Waals surface area contributed by atoms with Crippen molar-refractivity contribution in [2.45, 2.75) is 62.7 Å². The zero-order chi connectivity index (χ0) is 30.2. The molecule has 44 heavy (non-hydrogen) atoms. The molecule has 0 amide bonds. The lowest BCUT2D eigenvalue weighted by Gasteiger charge is -2.46. The van der Waals surface area contributed by atoms with Crippen LogP contribution in [0.1, 0.15) is 28.7 Å². The van der Waals surface area contributed by atoms with Crippen LogP contribution in [-0.2, 0) is 50.1 Å². The zero-order valence-electron chi connectivity index (χ0n) is 25.0. The standard InChI is InChI=1S/C37H42O6S/c38-22-13-23-44-37-36(42-27-32-20-11-4-12-21-32)35(41-26-31-18-9-3-10-19-31)34(40-25-30-16-7-2-8-17-30)33(43-37)28-39-24-29-14-5-1-6-15-29/h1-12,14-21,33-38H,13,22-28H2/t33-,34-,35+,36-,37+/m0/s1. The van der Waals surface area contributed by atoms with Crippen molar-refractivity contribution < 1.29 is 28.8 Å². The van der Waals surface area contributed by atoms with Crippen LogP contribution in [0.2, 0.25) is 0 Å². The van der Waals surface area contributed by atoms with Gasteiger partial charge in [-0.05, 0) is 34.4 Å². The van der Waals surface area contributed by atoms with E-state index in [2.05, 4.69) is 48.5 Å². The van der Waals surface area contributed by atoms with E-state index in [1.807, 2.05) is 72.8 Å². The number of aliphatic hydroxyl groups excluding tert-OH is 1. The van der Waals surface area contributed by atoms with Gasteiger partial charge in [0.2, 0.25) is 0 Å². The number of rotatable bonds is 17. The molecule has 0 aromatic heterocycles. The highest BCUT2D eigenvalue weighted by molar-refractivity contribution is 7.99. The molecule has 1 aliphatic rings. The summed E-state index contributed by atoms with van der Waals surface area (Å²) < 4.78 is 33.1. The molecule has 5 rings (SSSR count). The number of benzene rings is 4. The topological polar surface area (TPSA) is 66.4 Å². The van der Waals surface area contributed by atoms with Crippen molar-refractivity contribution in [3.05, 3.63) is 144 Å². The molecule has 6 nitrogen and oxygen atoms in total. The molecule has 0 bridgehead atoms. The molecule has 1 N–H and O–H groups in total. The van der Waals surface area contributed by atoms with Gasteiger partial charge in [-0.1, -0.05) is 121 Å². The first-order chi connectivity index (χ1) is 21.8. The quantitative estimate of drug-likeness (QED) is 0.131. The molecule has 0 saturated carbocycles. The Kier molecular flexibility index (Phi) is 13.3. The molecule has 0 aliphatic carbocycles. The summed E-state index contributed by atoms with van der Waals surface area (Å²) in [7, 11) is 0. The van der Waals surface area contributed by atoms with Gasteiger partial charge in [0.1, 0.15) is 29.9 Å². The summed E-state index contributed by atoms with van der Waals surface area (Å²) in [6, 6.07) is 40.6. The molecule has 4 aromatic rings. The zero-order valence-corrected chi connectivity index (χ0v) is 25.8. The monoisotopic (exact) mass is 614 g/mol. The van der Waals surface area contributed by atoms with E-state index in [0.29, 0.717) is 39.5 Å². The molecule has 232 valence electrons. The van der Waals surface area contributed by atoms with Gasteiger partial charge in [0.25, 0.3) is 0 Å². The minimum Gasteiger partial charge on any atom is -0.396 e. The average molecular weight is 615 g/mol. The van der Waals surface area contributed by atoms with E-state index in [9.17, 15) is 5.11 Å². The van der Waals surface area contributed by atoms with Crippen LogP contribution in [0, 0.1) is 0 Å². The van der Waals surface area contributed by atoms with Crippen LogP contribution >= 0.6 is 11.8 Å². The first kappa shape index (κ1) is 32.4. The third kappa shape index (κ3) is 10.0. The fourth-order valence-electron chi connectivity index (χ4n) is 5.15. The minimum atomic E-state index is -0.454. The van der Waals surface area contributed by atoms with E-state index in [1.54, 1.807) is 11.8 Å². The molecule has 1 aliphatic heterocycles. The van der Waals surface area contributed by atoms with E-state index < -0.39 is 24.4 Å². The number of hydrogen-bond acceptors (Lipinski definition) is 7. The number of ether oxygens (including phenoxy) is 5. The van der Waals surface area contributed by atoms with Crippen molar-refractivity contribution in [2.75, 3.05) is 19.0 Å². The summed E-state index contributed by atoms with van der Waals surface area (Å²) in [5.74, 6) is 0.727. The van der Waals surface area contributed by atoms with E-state index >= 15 is 0 Å². The Hall–Kier alpha value is -3.01. The summed E-state index contributed by atoms with van der Waals surface area (Å²) in [6.45, 7) is 2.16. The van der Waals surface area contributed by atoms with Gasteiger partial charge < -0.3 is 28.8 Å². The summed E-state index contributed by atoms with van der Waals surface area (Å²) in [4.78, 5) is 0. The molecule has 1 saturated heterocycles. The van der Waals surface area contributed by atoms with Gasteiger partial charge in [-0.15, -0.1) is 11.8 Å². The van der Waals surface area contributed by atoms with Crippen LogP contribution in [0.25, 0.3) is 0 Å². The molecule has 0 unspecified atom stereocenters. The van der Waals surface area contributed by atoms with Crippen molar-refractivity contribution in [3.63, 3.8) is 0 Å². The third-order valence-corrected chi connectivity index (χ3v) is 8.66. The molecule has 0 radical (unpaired) electrons. The van der Waals surface area contributed by atoms with E-state index in [1.165, 1.54) is 0 Å². The molecular weight excluding hydrogens is 572 g/mol. The van der Waals surface area contributed by atoms with Crippen LogP contribution in [0.5, 0.6) is 0 Å². The van der Waals surface area contributed by atoms with Gasteiger partial charge in [0.15, 0.2) is 0 Å². The molecule has 0 spiro atoms. The normalized spacial score (nSPS) is 21.7. The Morgan fingerprint density at radius 1 is 0.545 bits per heavy atom. The van der Waals surface area contributed by atoms with Crippen LogP contribution in [-0.4, -0.2) is 53.9 Å². The van der Waals surface area contributed by atoms with Gasteiger partial charge in [0, 0.05) is 6.61 Å². The van der Waals surface area contributed by atoms with E-state index in [0.717, 1.165) is 28.0 Å². The highest BCUT2D eigenvalue weighted by atomic mass is 32.2. The van der Waals surface area contributed by atoms with E-state index in [4.69, 9.17) is 23.7 Å². The summed E-state index contributed by atoms with van der Waals surface area (Å²) in [5, 5.41) is 9.52. The maximum Gasteiger partial charge on any atom is 0.132 e. The fourth-order valence-corrected chi connectivity index (χ4v) is 6.32. The van der Waals surface area contributed by atoms with Crippen LogP contribution < -0.4 is 0 Å². The highest BCUT2D eigenvalue weighted by Crippen LogP contribution is 2.35. The molecule has 7 heteroatoms. The molecule has 1 fully saturated rings. The summed E-state index contributed by atoms with van der Waals surface area (Å²) in [5.41, 5.74) is 3.97. The number of hydrogen-bond donors (Lipinski definition) is 1. The second-order valence-electron chi connectivity index (χ2n) is 10.8. The van der Waals surface area contributed by atoms with Crippen molar-refractivity contribution in [3.8, 4) is 0 Å². The maximum absolute atomic E-state index is 9.52. The van der Waals surface area contributed by atoms with E-state index in [-0.39, 0.29) is 12.0 Å². The van der Waals surface area contributed by atoms with Gasteiger partial charge in [-0.3, -0.25) is 0 Å². The number of aliphatic hydroxyl groups is 1. The third-order valence-electron chi connectivity index (χ3n) is 7.43. The van der Waals surface area contributed by atoms with Gasteiger partial charge in [0.05, 0.1) is 33.0 Å². The fraction of sp³-hybridized carbons (Fsp3) is 0.351. The summed E-state index contributed by atoms with van der Waals surface area (Å²) in [6.07, 6.45) is -1.05. The van der Waals surface area contributed by atoms with Crippen molar-refractivity contribution >= 4 is 11.8 Å². The first-order valence-electron chi connectivity index (χ1n) is 15.3. The Labute approximate surface area is 265 Å². The molecule has 5 atom stereocenters. The van der Waals surface area contributed by atoms with Crippen molar-refractivity contribution in [2.24, 2.45) is 0 Å². The predicted molar refractivity (Wildman–Crippen MR) is 174 cm³/mol. The maximum atomic E-state index is 9.52. The van der Waals surface area contributed by atoms with Crippen molar-refractivity contribution in [1.82, 2.24) is 0 Å². The lowest BCUT2D eigenvalue weighted by molar-refractivity contribution is -0.254. The van der Waals surface area contributed by atoms with Crippen LogP contribution in [0.15, 0.2) is 121 Å². The lowest BCUT2D eigenvalue weighted by Crippen LogP contribution is -2.60. The smallest absolute Gasteiger partial charge is 0.132 e. The SMILES string of the molecule is OCCCS[C@H]1O[C@@H](COCc2ccccc2)[C@H](OCc2ccccc2)[C@@H](OCc2ccccc2)[C@@H]1OCc1ccccc1. The van der Waals surface area contributed by atoms with Gasteiger partial charge in [-0.2, -0.15) is 0 Å². The molecule has 4 aromatic carbocycles. The second-order valence-corrected chi connectivity index (χ2v) is 12.0. The minimum absolute atomic E-state index is 0.121. The molecule has 1 heterocycles. The highest BCUT2D eigenvalue weighted by Gasteiger charge is 2.48. The summed E-state index contributed by atoms with van der Waals surface area (Å²) >= 11 is 1.64. The van der Waals surface area contributed by atoms with Gasteiger partial charge >= 0.3 is 0 Å². The van der Waals surface area contributed by atoms with Crippen LogP contribution in [0.4, 0.5) is 0 Å². The Bertz CT molecular complexity index is 1310. The lowest BCUT2D eigenvalue weighted by atomic mass is 9.98. The Balaban J connectivity index is 1.41. The Morgan fingerprint density at radius 3 is 1.45 bits per heavy atom.